The maximum absolute atomic E-state index is 12.7. The van der Waals surface area contributed by atoms with E-state index in [4.69, 9.17) is 0 Å². The van der Waals surface area contributed by atoms with Crippen molar-refractivity contribution in [3.63, 3.8) is 0 Å². The Morgan fingerprint density at radius 1 is 1.15 bits per heavy atom. The Balaban J connectivity index is 1.43. The van der Waals surface area contributed by atoms with Crippen LogP contribution in [0.5, 0.6) is 0 Å². The molecule has 2 aromatic heterocycles. The van der Waals surface area contributed by atoms with E-state index >= 15 is 0 Å². The molecule has 6 heteroatoms. The molecule has 1 N–H and O–H groups in total. The topological polar surface area (TPSA) is 58.1 Å². The fourth-order valence-electron chi connectivity index (χ4n) is 3.40. The molecule has 1 saturated heterocycles. The van der Waals surface area contributed by atoms with Crippen LogP contribution in [0.1, 0.15) is 18.4 Å². The Morgan fingerprint density at radius 2 is 2.04 bits per heavy atom. The van der Waals surface area contributed by atoms with Gasteiger partial charge in [-0.05, 0) is 55.0 Å². The molecule has 0 aliphatic carbocycles. The Bertz CT molecular complexity index is 908. The van der Waals surface area contributed by atoms with E-state index in [9.17, 15) is 4.79 Å². The minimum Gasteiger partial charge on any atom is -0.354 e. The predicted molar refractivity (Wildman–Crippen MR) is 110 cm³/mol. The lowest BCUT2D eigenvalue weighted by Gasteiger charge is -2.32. The number of hydrogen-bond donors (Lipinski definition) is 1. The molecule has 0 spiro atoms. The molecule has 1 atom stereocenters. The zero-order chi connectivity index (χ0) is 18.6. The number of aromatic nitrogens is 2. The molecule has 1 amide bonds. The summed E-state index contributed by atoms with van der Waals surface area (Å²) in [4.78, 5) is 16.0. The molecule has 1 aliphatic heterocycles. The van der Waals surface area contributed by atoms with Gasteiger partial charge >= 0.3 is 0 Å². The molecule has 27 heavy (non-hydrogen) atoms. The fourth-order valence-corrected chi connectivity index (χ4v) is 4.09. The SMILES string of the molecule is Cc1ccccc1NC(=O)C1CCCN(c2ccc(-c3cccs3)nn2)C1. The molecule has 3 aromatic rings. The van der Waals surface area contributed by atoms with E-state index in [0.29, 0.717) is 6.54 Å². The summed E-state index contributed by atoms with van der Waals surface area (Å²) in [5.41, 5.74) is 2.85. The number of anilines is 2. The first-order valence-electron chi connectivity index (χ1n) is 9.20. The van der Waals surface area contributed by atoms with Crippen LogP contribution < -0.4 is 10.2 Å². The number of nitrogens with zero attached hydrogens (tertiary/aromatic N) is 3. The maximum Gasteiger partial charge on any atom is 0.229 e. The van der Waals surface area contributed by atoms with Crippen molar-refractivity contribution in [2.45, 2.75) is 19.8 Å². The average molecular weight is 379 g/mol. The standard InChI is InChI=1S/C21H22N4OS/c1-15-6-2-3-8-17(15)22-21(26)16-7-4-12-25(14-16)20-11-10-18(23-24-20)19-9-5-13-27-19/h2-3,5-6,8-11,13,16H,4,7,12,14H2,1H3,(H,22,26). The second-order valence-corrected chi connectivity index (χ2v) is 7.79. The van der Waals surface area contributed by atoms with E-state index in [2.05, 4.69) is 20.4 Å². The van der Waals surface area contributed by atoms with Gasteiger partial charge in [0.15, 0.2) is 5.82 Å². The van der Waals surface area contributed by atoms with Crippen LogP contribution in [-0.2, 0) is 4.79 Å². The highest BCUT2D eigenvalue weighted by molar-refractivity contribution is 7.13. The van der Waals surface area contributed by atoms with Crippen molar-refractivity contribution in [1.82, 2.24) is 10.2 Å². The minimum absolute atomic E-state index is 0.0443. The summed E-state index contributed by atoms with van der Waals surface area (Å²) < 4.78 is 0. The third-order valence-corrected chi connectivity index (χ3v) is 5.84. The van der Waals surface area contributed by atoms with Gasteiger partial charge in [0.1, 0.15) is 5.69 Å². The summed E-state index contributed by atoms with van der Waals surface area (Å²) in [6.07, 6.45) is 1.87. The van der Waals surface area contributed by atoms with E-state index in [1.807, 2.05) is 60.8 Å². The van der Waals surface area contributed by atoms with Crippen LogP contribution in [0.3, 0.4) is 0 Å². The summed E-state index contributed by atoms with van der Waals surface area (Å²) >= 11 is 1.65. The summed E-state index contributed by atoms with van der Waals surface area (Å²) in [5, 5.41) is 13.9. The van der Waals surface area contributed by atoms with Gasteiger partial charge in [0, 0.05) is 18.8 Å². The number of thiophene rings is 1. The molecule has 5 nitrogen and oxygen atoms in total. The van der Waals surface area contributed by atoms with Crippen molar-refractivity contribution >= 4 is 28.7 Å². The first-order valence-corrected chi connectivity index (χ1v) is 10.1. The van der Waals surface area contributed by atoms with Crippen LogP contribution >= 0.6 is 11.3 Å². The molecule has 0 radical (unpaired) electrons. The van der Waals surface area contributed by atoms with E-state index in [1.165, 1.54) is 0 Å². The molecule has 1 fully saturated rings. The Kier molecular flexibility index (Phi) is 5.16. The zero-order valence-corrected chi connectivity index (χ0v) is 16.1. The summed E-state index contributed by atoms with van der Waals surface area (Å²) in [6.45, 7) is 3.58. The maximum atomic E-state index is 12.7. The monoisotopic (exact) mass is 378 g/mol. The minimum atomic E-state index is -0.0443. The number of hydrogen-bond acceptors (Lipinski definition) is 5. The molecule has 0 saturated carbocycles. The van der Waals surface area contributed by atoms with E-state index in [1.54, 1.807) is 11.3 Å². The van der Waals surface area contributed by atoms with Crippen molar-refractivity contribution in [1.29, 1.82) is 0 Å². The highest BCUT2D eigenvalue weighted by Gasteiger charge is 2.27. The number of carbonyl (C=O) groups excluding carboxylic acids is 1. The average Bonchev–Trinajstić information content (AvgIpc) is 3.25. The normalized spacial score (nSPS) is 16.9. The van der Waals surface area contributed by atoms with Gasteiger partial charge in [0.2, 0.25) is 5.91 Å². The van der Waals surface area contributed by atoms with Gasteiger partial charge in [-0.25, -0.2) is 0 Å². The van der Waals surface area contributed by atoms with Crippen molar-refractivity contribution in [2.75, 3.05) is 23.3 Å². The number of aryl methyl sites for hydroxylation is 1. The molecule has 138 valence electrons. The van der Waals surface area contributed by atoms with E-state index in [-0.39, 0.29) is 11.8 Å². The number of carbonyl (C=O) groups is 1. The molecule has 3 heterocycles. The number of para-hydroxylation sites is 1. The van der Waals surface area contributed by atoms with Gasteiger partial charge in [-0.1, -0.05) is 24.3 Å². The van der Waals surface area contributed by atoms with Crippen LogP contribution in [-0.4, -0.2) is 29.2 Å². The summed E-state index contributed by atoms with van der Waals surface area (Å²) in [5.74, 6) is 0.873. The Labute approximate surface area is 163 Å². The molecule has 1 aromatic carbocycles. The van der Waals surface area contributed by atoms with Gasteiger partial charge in [-0.2, -0.15) is 0 Å². The predicted octanol–water partition coefficient (Wildman–Crippen LogP) is 4.37. The number of amides is 1. The number of benzene rings is 1. The van der Waals surface area contributed by atoms with E-state index < -0.39 is 0 Å². The van der Waals surface area contributed by atoms with Crippen molar-refractivity contribution in [3.05, 3.63) is 59.5 Å². The van der Waals surface area contributed by atoms with Crippen molar-refractivity contribution in [2.24, 2.45) is 5.92 Å². The largest absolute Gasteiger partial charge is 0.354 e. The molecule has 1 unspecified atom stereocenters. The third kappa shape index (κ3) is 4.01. The van der Waals surface area contributed by atoms with Gasteiger partial charge < -0.3 is 10.2 Å². The molecular formula is C21H22N4OS. The third-order valence-electron chi connectivity index (χ3n) is 4.94. The van der Waals surface area contributed by atoms with E-state index in [0.717, 1.165) is 47.0 Å². The van der Waals surface area contributed by atoms with Crippen LogP contribution in [0, 0.1) is 12.8 Å². The van der Waals surface area contributed by atoms with Crippen LogP contribution in [0.2, 0.25) is 0 Å². The molecule has 4 rings (SSSR count). The van der Waals surface area contributed by atoms with Crippen LogP contribution in [0.15, 0.2) is 53.9 Å². The number of rotatable bonds is 4. The van der Waals surface area contributed by atoms with Crippen molar-refractivity contribution in [3.8, 4) is 10.6 Å². The highest BCUT2D eigenvalue weighted by Crippen LogP contribution is 2.26. The summed E-state index contributed by atoms with van der Waals surface area (Å²) in [7, 11) is 0. The van der Waals surface area contributed by atoms with Gasteiger partial charge in [0.25, 0.3) is 0 Å². The van der Waals surface area contributed by atoms with Crippen LogP contribution in [0.25, 0.3) is 10.6 Å². The smallest absolute Gasteiger partial charge is 0.229 e. The number of piperidine rings is 1. The lowest BCUT2D eigenvalue weighted by molar-refractivity contribution is -0.120. The van der Waals surface area contributed by atoms with Crippen LogP contribution in [0.4, 0.5) is 11.5 Å². The van der Waals surface area contributed by atoms with Gasteiger partial charge in [0.05, 0.1) is 10.8 Å². The molecule has 0 bridgehead atoms. The second kappa shape index (κ2) is 7.88. The van der Waals surface area contributed by atoms with Gasteiger partial charge in [-0.15, -0.1) is 21.5 Å². The molecule has 1 aliphatic rings. The number of nitrogens with one attached hydrogen (secondary N) is 1. The lowest BCUT2D eigenvalue weighted by Crippen LogP contribution is -2.41. The second-order valence-electron chi connectivity index (χ2n) is 6.84. The van der Waals surface area contributed by atoms with Gasteiger partial charge in [-0.3, -0.25) is 4.79 Å². The first kappa shape index (κ1) is 17.7. The van der Waals surface area contributed by atoms with Crippen molar-refractivity contribution < 1.29 is 4.79 Å². The Hall–Kier alpha value is -2.73. The quantitative estimate of drug-likeness (QED) is 0.732. The zero-order valence-electron chi connectivity index (χ0n) is 15.3. The first-order chi connectivity index (χ1) is 13.2. The Morgan fingerprint density at radius 3 is 2.78 bits per heavy atom. The molecular weight excluding hydrogens is 356 g/mol. The lowest BCUT2D eigenvalue weighted by atomic mass is 9.97. The highest BCUT2D eigenvalue weighted by atomic mass is 32.1. The summed E-state index contributed by atoms with van der Waals surface area (Å²) in [6, 6.07) is 15.9. The fraction of sp³-hybridized carbons (Fsp3) is 0.286.